The first-order valence-corrected chi connectivity index (χ1v) is 5.57. The SMILES string of the molecule is CC(=O)NC(C(=O)O)C1CC(C)=CC(C)C1. The van der Waals surface area contributed by atoms with Crippen LogP contribution in [-0.2, 0) is 9.59 Å². The van der Waals surface area contributed by atoms with Gasteiger partial charge in [-0.3, -0.25) is 4.79 Å². The summed E-state index contributed by atoms with van der Waals surface area (Å²) >= 11 is 0. The molecule has 0 aromatic heterocycles. The minimum absolute atomic E-state index is 0.00130. The van der Waals surface area contributed by atoms with Gasteiger partial charge in [0, 0.05) is 6.92 Å². The summed E-state index contributed by atoms with van der Waals surface area (Å²) in [5, 5.41) is 11.6. The van der Waals surface area contributed by atoms with Crippen LogP contribution in [0.3, 0.4) is 0 Å². The van der Waals surface area contributed by atoms with Gasteiger partial charge >= 0.3 is 5.97 Å². The number of nitrogens with one attached hydrogen (secondary N) is 1. The molecule has 0 heterocycles. The second-order valence-electron chi connectivity index (χ2n) is 4.71. The van der Waals surface area contributed by atoms with Gasteiger partial charge in [-0.15, -0.1) is 0 Å². The van der Waals surface area contributed by atoms with E-state index < -0.39 is 12.0 Å². The van der Waals surface area contributed by atoms with Crippen LogP contribution in [-0.4, -0.2) is 23.0 Å². The second kappa shape index (κ2) is 5.14. The molecule has 0 spiro atoms. The monoisotopic (exact) mass is 225 g/mol. The van der Waals surface area contributed by atoms with Crippen LogP contribution in [0.1, 0.15) is 33.6 Å². The summed E-state index contributed by atoms with van der Waals surface area (Å²) in [5.74, 6) is -0.842. The Labute approximate surface area is 95.7 Å². The van der Waals surface area contributed by atoms with Gasteiger partial charge in [0.15, 0.2) is 0 Å². The highest BCUT2D eigenvalue weighted by Gasteiger charge is 2.31. The molecular weight excluding hydrogens is 206 g/mol. The van der Waals surface area contributed by atoms with E-state index >= 15 is 0 Å². The van der Waals surface area contributed by atoms with Gasteiger partial charge < -0.3 is 10.4 Å². The van der Waals surface area contributed by atoms with Crippen molar-refractivity contribution in [3.8, 4) is 0 Å². The largest absolute Gasteiger partial charge is 0.480 e. The lowest BCUT2D eigenvalue weighted by atomic mass is 9.79. The average Bonchev–Trinajstić information content (AvgIpc) is 2.11. The predicted molar refractivity (Wildman–Crippen MR) is 60.9 cm³/mol. The molecule has 0 radical (unpaired) electrons. The Bertz CT molecular complexity index is 322. The van der Waals surface area contributed by atoms with Crippen molar-refractivity contribution in [3.63, 3.8) is 0 Å². The summed E-state index contributed by atoms with van der Waals surface area (Å²) in [5.41, 5.74) is 1.21. The van der Waals surface area contributed by atoms with Crippen LogP contribution in [0.4, 0.5) is 0 Å². The minimum atomic E-state index is -0.942. The van der Waals surface area contributed by atoms with Crippen molar-refractivity contribution in [2.45, 2.75) is 39.7 Å². The van der Waals surface area contributed by atoms with Gasteiger partial charge in [0.2, 0.25) is 5.91 Å². The van der Waals surface area contributed by atoms with Gasteiger partial charge in [-0.25, -0.2) is 4.79 Å². The van der Waals surface area contributed by atoms with Gasteiger partial charge in [-0.1, -0.05) is 18.6 Å². The van der Waals surface area contributed by atoms with E-state index in [0.29, 0.717) is 5.92 Å². The molecule has 2 N–H and O–H groups in total. The molecule has 0 fully saturated rings. The van der Waals surface area contributed by atoms with Crippen LogP contribution in [0.15, 0.2) is 11.6 Å². The van der Waals surface area contributed by atoms with Crippen molar-refractivity contribution < 1.29 is 14.7 Å². The molecule has 3 atom stereocenters. The molecule has 4 heteroatoms. The summed E-state index contributed by atoms with van der Waals surface area (Å²) in [7, 11) is 0. The lowest BCUT2D eigenvalue weighted by Crippen LogP contribution is -2.46. The Morgan fingerprint density at radius 1 is 1.56 bits per heavy atom. The molecule has 0 bridgehead atoms. The van der Waals surface area contributed by atoms with E-state index in [1.807, 2.05) is 6.92 Å². The fourth-order valence-electron chi connectivity index (χ4n) is 2.45. The maximum Gasteiger partial charge on any atom is 0.326 e. The number of rotatable bonds is 3. The zero-order valence-corrected chi connectivity index (χ0v) is 9.99. The molecule has 1 aliphatic carbocycles. The van der Waals surface area contributed by atoms with Crippen LogP contribution in [0.2, 0.25) is 0 Å². The number of carboxylic acids is 1. The van der Waals surface area contributed by atoms with E-state index in [1.165, 1.54) is 12.5 Å². The summed E-state index contributed by atoms with van der Waals surface area (Å²) in [6, 6.07) is -0.761. The lowest BCUT2D eigenvalue weighted by molar-refractivity contribution is -0.143. The van der Waals surface area contributed by atoms with Gasteiger partial charge in [-0.2, -0.15) is 0 Å². The van der Waals surface area contributed by atoms with E-state index in [4.69, 9.17) is 5.11 Å². The maximum atomic E-state index is 11.1. The van der Waals surface area contributed by atoms with Gasteiger partial charge in [-0.05, 0) is 31.6 Å². The molecule has 0 saturated heterocycles. The number of carbonyl (C=O) groups is 2. The van der Waals surface area contributed by atoms with E-state index in [1.54, 1.807) is 0 Å². The smallest absolute Gasteiger partial charge is 0.326 e. The first kappa shape index (κ1) is 12.7. The standard InChI is InChI=1S/C12H19NO3/c1-7-4-8(2)6-10(5-7)11(12(15)16)13-9(3)14/h4,7,10-11H,5-6H2,1-3H3,(H,13,14)(H,15,16). The molecular formula is C12H19NO3. The minimum Gasteiger partial charge on any atom is -0.480 e. The zero-order valence-electron chi connectivity index (χ0n) is 9.99. The summed E-state index contributed by atoms with van der Waals surface area (Å²) in [6.45, 7) is 5.43. The Kier molecular flexibility index (Phi) is 4.10. The quantitative estimate of drug-likeness (QED) is 0.716. The number of allylic oxidation sites excluding steroid dienone is 2. The van der Waals surface area contributed by atoms with Crippen LogP contribution in [0, 0.1) is 11.8 Å². The second-order valence-corrected chi connectivity index (χ2v) is 4.71. The molecule has 3 unspecified atom stereocenters. The summed E-state index contributed by atoms with van der Waals surface area (Å²) in [6.07, 6.45) is 3.74. The number of aliphatic carboxylic acids is 1. The third-order valence-electron chi connectivity index (χ3n) is 2.92. The fourth-order valence-corrected chi connectivity index (χ4v) is 2.45. The van der Waals surface area contributed by atoms with Gasteiger partial charge in [0.1, 0.15) is 6.04 Å². The highest BCUT2D eigenvalue weighted by Crippen LogP contribution is 2.30. The van der Waals surface area contributed by atoms with E-state index in [-0.39, 0.29) is 11.8 Å². The Morgan fingerprint density at radius 3 is 2.62 bits per heavy atom. The molecule has 0 saturated carbocycles. The van der Waals surface area contributed by atoms with Crippen molar-refractivity contribution in [2.24, 2.45) is 11.8 Å². The van der Waals surface area contributed by atoms with E-state index in [2.05, 4.69) is 18.3 Å². The molecule has 0 aromatic carbocycles. The molecule has 90 valence electrons. The molecule has 1 amide bonds. The highest BCUT2D eigenvalue weighted by atomic mass is 16.4. The number of hydrogen-bond acceptors (Lipinski definition) is 2. The predicted octanol–water partition coefficient (Wildman–Crippen LogP) is 1.57. The molecule has 1 aliphatic rings. The number of amides is 1. The first-order valence-electron chi connectivity index (χ1n) is 5.57. The number of carbonyl (C=O) groups excluding carboxylic acids is 1. The third kappa shape index (κ3) is 3.36. The summed E-state index contributed by atoms with van der Waals surface area (Å²) in [4.78, 5) is 22.1. The Morgan fingerprint density at radius 2 is 2.19 bits per heavy atom. The van der Waals surface area contributed by atoms with Gasteiger partial charge in [0.25, 0.3) is 0 Å². The first-order chi connectivity index (χ1) is 7.40. The molecule has 0 aromatic rings. The van der Waals surface area contributed by atoms with Crippen LogP contribution < -0.4 is 5.32 Å². The third-order valence-corrected chi connectivity index (χ3v) is 2.92. The summed E-state index contributed by atoms with van der Waals surface area (Å²) < 4.78 is 0. The van der Waals surface area contributed by atoms with Crippen molar-refractivity contribution in [2.75, 3.05) is 0 Å². The highest BCUT2D eigenvalue weighted by molar-refractivity contribution is 5.82. The van der Waals surface area contributed by atoms with Crippen LogP contribution in [0.25, 0.3) is 0 Å². The zero-order chi connectivity index (χ0) is 12.3. The topological polar surface area (TPSA) is 66.4 Å². The van der Waals surface area contributed by atoms with Crippen LogP contribution >= 0.6 is 0 Å². The molecule has 1 rings (SSSR count). The normalized spacial score (nSPS) is 26.8. The fraction of sp³-hybridized carbons (Fsp3) is 0.667. The maximum absolute atomic E-state index is 11.1. The molecule has 0 aliphatic heterocycles. The van der Waals surface area contributed by atoms with Crippen LogP contribution in [0.5, 0.6) is 0 Å². The molecule has 16 heavy (non-hydrogen) atoms. The number of hydrogen-bond donors (Lipinski definition) is 2. The Hall–Kier alpha value is -1.32. The van der Waals surface area contributed by atoms with Crippen molar-refractivity contribution in [1.29, 1.82) is 0 Å². The Balaban J connectivity index is 2.76. The van der Waals surface area contributed by atoms with Gasteiger partial charge in [0.05, 0.1) is 0 Å². The van der Waals surface area contributed by atoms with Crippen molar-refractivity contribution >= 4 is 11.9 Å². The molecule has 4 nitrogen and oxygen atoms in total. The van der Waals surface area contributed by atoms with Crippen molar-refractivity contribution in [1.82, 2.24) is 5.32 Å². The average molecular weight is 225 g/mol. The number of carboxylic acid groups (broad SMARTS) is 1. The van der Waals surface area contributed by atoms with Crippen molar-refractivity contribution in [3.05, 3.63) is 11.6 Å². The lowest BCUT2D eigenvalue weighted by Gasteiger charge is -2.30. The van der Waals surface area contributed by atoms with E-state index in [0.717, 1.165) is 12.8 Å². The van der Waals surface area contributed by atoms with E-state index in [9.17, 15) is 9.59 Å².